The summed E-state index contributed by atoms with van der Waals surface area (Å²) in [4.78, 5) is 0.877. The molecule has 0 aliphatic heterocycles. The number of aliphatic hydroxyl groups is 1. The van der Waals surface area contributed by atoms with Gasteiger partial charge in [0.1, 0.15) is 5.82 Å². The summed E-state index contributed by atoms with van der Waals surface area (Å²) in [6.07, 6.45) is -4.44. The van der Waals surface area contributed by atoms with Crippen molar-refractivity contribution in [2.45, 2.75) is 12.7 Å². The second kappa shape index (κ2) is 7.23. The Hall–Kier alpha value is -1.87. The van der Waals surface area contributed by atoms with Crippen molar-refractivity contribution >= 4 is 5.84 Å². The minimum Gasteiger partial charge on any atom is -0.409 e. The number of halogens is 4. The quantitative estimate of drug-likeness (QED) is 0.243. The highest BCUT2D eigenvalue weighted by Crippen LogP contribution is 2.19. The van der Waals surface area contributed by atoms with Gasteiger partial charge in [-0.15, -0.1) is 0 Å². The van der Waals surface area contributed by atoms with E-state index in [-0.39, 0.29) is 30.1 Å². The van der Waals surface area contributed by atoms with Gasteiger partial charge in [-0.05, 0) is 6.07 Å². The summed E-state index contributed by atoms with van der Waals surface area (Å²) in [7, 11) is 0. The van der Waals surface area contributed by atoms with E-state index in [4.69, 9.17) is 16.0 Å². The van der Waals surface area contributed by atoms with E-state index in [1.807, 2.05) is 0 Å². The van der Waals surface area contributed by atoms with Crippen LogP contribution in [0.3, 0.4) is 0 Å². The van der Waals surface area contributed by atoms with Crippen LogP contribution in [-0.2, 0) is 6.54 Å². The topological polar surface area (TPSA) is 82.1 Å². The molecule has 0 aliphatic rings. The van der Waals surface area contributed by atoms with Gasteiger partial charge >= 0.3 is 6.18 Å². The van der Waals surface area contributed by atoms with Gasteiger partial charge in [0.05, 0.1) is 13.2 Å². The molecule has 0 spiro atoms. The highest BCUT2D eigenvalue weighted by atomic mass is 19.4. The van der Waals surface area contributed by atoms with E-state index < -0.39 is 25.1 Å². The molecule has 118 valence electrons. The van der Waals surface area contributed by atoms with Crippen LogP contribution in [0.1, 0.15) is 11.1 Å². The lowest BCUT2D eigenvalue weighted by molar-refractivity contribution is -0.148. The zero-order valence-electron chi connectivity index (χ0n) is 10.9. The molecule has 0 atom stereocenters. The molecule has 0 aromatic heterocycles. The Bertz CT molecular complexity index is 506. The molecule has 0 heterocycles. The third-order valence-electron chi connectivity index (χ3n) is 2.67. The second-order valence-electron chi connectivity index (χ2n) is 4.34. The SMILES string of the molecule is N/C(=N/O)c1ccc(CN(CCO)CC(F)(F)F)c(F)c1. The number of nitrogens with zero attached hydrogens (tertiary/aromatic N) is 2. The van der Waals surface area contributed by atoms with Crippen molar-refractivity contribution in [3.63, 3.8) is 0 Å². The molecule has 4 N–H and O–H groups in total. The predicted octanol–water partition coefficient (Wildman–Crippen LogP) is 1.28. The average Bonchev–Trinajstić information content (AvgIpc) is 2.38. The molecule has 21 heavy (non-hydrogen) atoms. The molecule has 0 aliphatic carbocycles. The number of benzene rings is 1. The van der Waals surface area contributed by atoms with Crippen LogP contribution >= 0.6 is 0 Å². The first kappa shape index (κ1) is 17.2. The van der Waals surface area contributed by atoms with Gasteiger partial charge in [0.25, 0.3) is 0 Å². The van der Waals surface area contributed by atoms with E-state index in [1.54, 1.807) is 0 Å². The van der Waals surface area contributed by atoms with Crippen molar-refractivity contribution in [1.29, 1.82) is 0 Å². The van der Waals surface area contributed by atoms with E-state index >= 15 is 0 Å². The van der Waals surface area contributed by atoms with Crippen LogP contribution in [0.25, 0.3) is 0 Å². The van der Waals surface area contributed by atoms with Gasteiger partial charge in [-0.2, -0.15) is 13.2 Å². The van der Waals surface area contributed by atoms with Gasteiger partial charge in [0, 0.05) is 24.2 Å². The monoisotopic (exact) mass is 309 g/mol. The highest BCUT2D eigenvalue weighted by molar-refractivity contribution is 5.97. The van der Waals surface area contributed by atoms with Gasteiger partial charge in [0.2, 0.25) is 0 Å². The number of aliphatic hydroxyl groups excluding tert-OH is 1. The molecular weight excluding hydrogens is 294 g/mol. The Balaban J connectivity index is 2.89. The van der Waals surface area contributed by atoms with Crippen molar-refractivity contribution in [1.82, 2.24) is 4.90 Å². The lowest BCUT2D eigenvalue weighted by atomic mass is 10.1. The molecule has 1 aromatic rings. The van der Waals surface area contributed by atoms with Crippen LogP contribution in [0.4, 0.5) is 17.6 Å². The van der Waals surface area contributed by atoms with E-state index in [2.05, 4.69) is 5.16 Å². The summed E-state index contributed by atoms with van der Waals surface area (Å²) >= 11 is 0. The van der Waals surface area contributed by atoms with Crippen LogP contribution in [-0.4, -0.2) is 46.9 Å². The van der Waals surface area contributed by atoms with E-state index in [1.165, 1.54) is 12.1 Å². The summed E-state index contributed by atoms with van der Waals surface area (Å²) in [6.45, 7) is -2.28. The van der Waals surface area contributed by atoms with Gasteiger partial charge in [-0.1, -0.05) is 17.3 Å². The number of rotatable bonds is 6. The lowest BCUT2D eigenvalue weighted by Gasteiger charge is -2.23. The fraction of sp³-hybridized carbons (Fsp3) is 0.417. The third-order valence-corrected chi connectivity index (χ3v) is 2.67. The Labute approximate surface area is 118 Å². The highest BCUT2D eigenvalue weighted by Gasteiger charge is 2.30. The van der Waals surface area contributed by atoms with Crippen LogP contribution in [0.15, 0.2) is 23.4 Å². The molecule has 9 heteroatoms. The molecule has 1 rings (SSSR count). The number of hydrogen-bond acceptors (Lipinski definition) is 4. The maximum absolute atomic E-state index is 13.8. The van der Waals surface area contributed by atoms with Crippen molar-refractivity contribution in [3.8, 4) is 0 Å². The van der Waals surface area contributed by atoms with E-state index in [9.17, 15) is 17.6 Å². The van der Waals surface area contributed by atoms with E-state index in [0.29, 0.717) is 0 Å². The Morgan fingerprint density at radius 1 is 1.33 bits per heavy atom. The molecule has 5 nitrogen and oxygen atoms in total. The molecule has 0 fully saturated rings. The summed E-state index contributed by atoms with van der Waals surface area (Å²) in [5.41, 5.74) is 5.42. The zero-order chi connectivity index (χ0) is 16.0. The minimum atomic E-state index is -4.44. The Kier molecular flexibility index (Phi) is 5.91. The minimum absolute atomic E-state index is 0.0159. The van der Waals surface area contributed by atoms with Gasteiger partial charge < -0.3 is 16.0 Å². The predicted molar refractivity (Wildman–Crippen MR) is 67.3 cm³/mol. The van der Waals surface area contributed by atoms with Crippen molar-refractivity contribution in [2.75, 3.05) is 19.7 Å². The van der Waals surface area contributed by atoms with Gasteiger partial charge in [-0.3, -0.25) is 4.90 Å². The summed E-state index contributed by atoms with van der Waals surface area (Å²) in [5.74, 6) is -1.08. The first-order valence-corrected chi connectivity index (χ1v) is 5.93. The number of oxime groups is 1. The van der Waals surface area contributed by atoms with E-state index in [0.717, 1.165) is 11.0 Å². The Morgan fingerprint density at radius 3 is 2.48 bits per heavy atom. The molecule has 1 aromatic carbocycles. The fourth-order valence-electron chi connectivity index (χ4n) is 1.74. The molecule has 0 saturated carbocycles. The maximum Gasteiger partial charge on any atom is 0.401 e. The van der Waals surface area contributed by atoms with Crippen molar-refractivity contribution < 1.29 is 27.9 Å². The van der Waals surface area contributed by atoms with Crippen LogP contribution < -0.4 is 5.73 Å². The molecule has 0 saturated heterocycles. The van der Waals surface area contributed by atoms with Crippen molar-refractivity contribution in [3.05, 3.63) is 35.1 Å². The number of amidine groups is 1. The third kappa shape index (κ3) is 5.56. The van der Waals surface area contributed by atoms with Crippen LogP contribution in [0, 0.1) is 5.82 Å². The first-order chi connectivity index (χ1) is 9.76. The second-order valence-corrected chi connectivity index (χ2v) is 4.34. The van der Waals surface area contributed by atoms with Gasteiger partial charge in [0.15, 0.2) is 5.84 Å². The largest absolute Gasteiger partial charge is 0.409 e. The lowest BCUT2D eigenvalue weighted by Crippen LogP contribution is -2.36. The summed E-state index contributed by atoms with van der Waals surface area (Å²) in [5, 5.41) is 19.9. The first-order valence-electron chi connectivity index (χ1n) is 5.93. The summed E-state index contributed by atoms with van der Waals surface area (Å²) < 4.78 is 50.9. The van der Waals surface area contributed by atoms with Crippen LogP contribution in [0.2, 0.25) is 0 Å². The number of alkyl halides is 3. The maximum atomic E-state index is 13.8. The average molecular weight is 309 g/mol. The number of nitrogens with two attached hydrogens (primary N) is 1. The summed E-state index contributed by atoms with van der Waals surface area (Å²) in [6, 6.07) is 3.55. The standard InChI is InChI=1S/C12H15F4N3O2/c13-10-5-8(11(17)18-21)1-2-9(10)6-19(3-4-20)7-12(14,15)16/h1-2,5,20-21H,3-4,6-7H2,(H2,17,18). The Morgan fingerprint density at radius 2 is 2.00 bits per heavy atom. The molecule has 0 bridgehead atoms. The molecule has 0 amide bonds. The molecule has 0 unspecified atom stereocenters. The zero-order valence-corrected chi connectivity index (χ0v) is 10.9. The van der Waals surface area contributed by atoms with Crippen molar-refractivity contribution in [2.24, 2.45) is 10.9 Å². The van der Waals surface area contributed by atoms with Gasteiger partial charge in [-0.25, -0.2) is 4.39 Å². The normalized spacial score (nSPS) is 13.0. The number of hydrogen-bond donors (Lipinski definition) is 3. The molecule has 0 radical (unpaired) electrons. The smallest absolute Gasteiger partial charge is 0.401 e. The van der Waals surface area contributed by atoms with Crippen LogP contribution in [0.5, 0.6) is 0 Å². The fourth-order valence-corrected chi connectivity index (χ4v) is 1.74. The molecular formula is C12H15F4N3O2.